The van der Waals surface area contributed by atoms with Gasteiger partial charge < -0.3 is 0 Å². The third-order valence-corrected chi connectivity index (χ3v) is 7.82. The number of nitrogens with zero attached hydrogens (tertiary/aromatic N) is 1. The van der Waals surface area contributed by atoms with Gasteiger partial charge in [0.25, 0.3) is 10.0 Å². The van der Waals surface area contributed by atoms with Crippen LogP contribution in [0, 0.1) is 0 Å². The number of benzene rings is 2. The molecule has 5 nitrogen and oxygen atoms in total. The first kappa shape index (κ1) is 17.3. The fraction of sp³-hybridized carbons (Fsp3) is 0.250. The molecule has 128 valence electrons. The van der Waals surface area contributed by atoms with Gasteiger partial charge in [0.15, 0.2) is 9.84 Å². The van der Waals surface area contributed by atoms with E-state index in [1.165, 1.54) is 16.4 Å². The third kappa shape index (κ3) is 3.43. The van der Waals surface area contributed by atoms with E-state index in [1.54, 1.807) is 42.5 Å². The maximum absolute atomic E-state index is 13.1. The van der Waals surface area contributed by atoms with Gasteiger partial charge in [0.05, 0.1) is 28.1 Å². The van der Waals surface area contributed by atoms with Gasteiger partial charge in [0, 0.05) is 5.02 Å². The number of anilines is 1. The third-order valence-electron chi connectivity index (χ3n) is 3.92. The highest BCUT2D eigenvalue weighted by Crippen LogP contribution is 2.31. The predicted molar refractivity (Wildman–Crippen MR) is 94.6 cm³/mol. The average molecular weight is 386 g/mol. The lowest BCUT2D eigenvalue weighted by atomic mass is 10.2. The monoisotopic (exact) mass is 385 g/mol. The van der Waals surface area contributed by atoms with Crippen LogP contribution in [-0.2, 0) is 19.9 Å². The molecule has 24 heavy (non-hydrogen) atoms. The second-order valence-electron chi connectivity index (χ2n) is 5.65. The largest absolute Gasteiger partial charge is 0.264 e. The van der Waals surface area contributed by atoms with Gasteiger partial charge in [-0.3, -0.25) is 4.31 Å². The van der Waals surface area contributed by atoms with E-state index in [4.69, 9.17) is 11.6 Å². The van der Waals surface area contributed by atoms with E-state index in [0.717, 1.165) is 0 Å². The van der Waals surface area contributed by atoms with Gasteiger partial charge in [-0.15, -0.1) is 0 Å². The van der Waals surface area contributed by atoms with Crippen LogP contribution < -0.4 is 4.31 Å². The smallest absolute Gasteiger partial charge is 0.262 e. The van der Waals surface area contributed by atoms with Crippen molar-refractivity contribution in [3.05, 3.63) is 59.6 Å². The van der Waals surface area contributed by atoms with Crippen LogP contribution in [0.25, 0.3) is 0 Å². The molecule has 0 amide bonds. The molecule has 0 aromatic heterocycles. The molecule has 1 atom stereocenters. The van der Waals surface area contributed by atoms with Gasteiger partial charge in [0.2, 0.25) is 0 Å². The van der Waals surface area contributed by atoms with E-state index in [0.29, 0.717) is 10.7 Å². The van der Waals surface area contributed by atoms with E-state index >= 15 is 0 Å². The molecule has 1 fully saturated rings. The molecule has 3 rings (SSSR count). The Labute approximate surface area is 146 Å². The molecule has 1 aliphatic rings. The highest BCUT2D eigenvalue weighted by molar-refractivity contribution is 7.93. The molecule has 0 bridgehead atoms. The van der Waals surface area contributed by atoms with Crippen molar-refractivity contribution in [2.45, 2.75) is 17.4 Å². The Bertz CT molecular complexity index is 926. The molecule has 0 aliphatic carbocycles. The Hall–Kier alpha value is -1.57. The van der Waals surface area contributed by atoms with Gasteiger partial charge in [-0.25, -0.2) is 16.8 Å². The van der Waals surface area contributed by atoms with Crippen LogP contribution >= 0.6 is 11.6 Å². The fourth-order valence-corrected chi connectivity index (χ4v) is 6.42. The predicted octanol–water partition coefficient (Wildman–Crippen LogP) is 2.72. The molecular formula is C16H16ClNO4S2. The van der Waals surface area contributed by atoms with Crippen molar-refractivity contribution in [2.75, 3.05) is 15.8 Å². The molecule has 2 aromatic carbocycles. The van der Waals surface area contributed by atoms with Gasteiger partial charge in [-0.2, -0.15) is 0 Å². The zero-order valence-electron chi connectivity index (χ0n) is 12.7. The SMILES string of the molecule is O=S1(=O)CCC(N(c2ccc(Cl)cc2)S(=O)(=O)c2ccccc2)C1. The molecular weight excluding hydrogens is 370 g/mol. The maximum Gasteiger partial charge on any atom is 0.264 e. The summed E-state index contributed by atoms with van der Waals surface area (Å²) in [7, 11) is -7.11. The van der Waals surface area contributed by atoms with Crippen molar-refractivity contribution in [1.82, 2.24) is 0 Å². The van der Waals surface area contributed by atoms with Crippen molar-refractivity contribution in [1.29, 1.82) is 0 Å². The molecule has 1 unspecified atom stereocenters. The van der Waals surface area contributed by atoms with Crippen LogP contribution in [0.5, 0.6) is 0 Å². The number of sulfone groups is 1. The van der Waals surface area contributed by atoms with E-state index in [-0.39, 0.29) is 22.8 Å². The van der Waals surface area contributed by atoms with E-state index in [1.807, 2.05) is 0 Å². The standard InChI is InChI=1S/C16H16ClNO4S2/c17-13-6-8-14(9-7-13)18(15-10-11-23(19,20)12-15)24(21,22)16-4-2-1-3-5-16/h1-9,15H,10-12H2. The number of hydrogen-bond acceptors (Lipinski definition) is 4. The summed E-state index contributed by atoms with van der Waals surface area (Å²) >= 11 is 5.89. The average Bonchev–Trinajstić information content (AvgIpc) is 2.90. The minimum Gasteiger partial charge on any atom is -0.262 e. The Balaban J connectivity index is 2.10. The van der Waals surface area contributed by atoms with Gasteiger partial charge in [-0.05, 0) is 42.8 Å². The summed E-state index contributed by atoms with van der Waals surface area (Å²) < 4.78 is 51.1. The molecule has 1 aliphatic heterocycles. The number of sulfonamides is 1. The Morgan fingerprint density at radius 1 is 1.00 bits per heavy atom. The molecule has 8 heteroatoms. The highest BCUT2D eigenvalue weighted by Gasteiger charge is 2.38. The first-order chi connectivity index (χ1) is 11.3. The van der Waals surface area contributed by atoms with E-state index < -0.39 is 25.9 Å². The molecule has 1 saturated heterocycles. The molecule has 0 radical (unpaired) electrons. The summed E-state index contributed by atoms with van der Waals surface area (Å²) in [5.74, 6) is -0.187. The Kier molecular flexibility index (Phi) is 4.59. The van der Waals surface area contributed by atoms with Crippen molar-refractivity contribution >= 4 is 37.1 Å². The lowest BCUT2D eigenvalue weighted by Crippen LogP contribution is -2.41. The van der Waals surface area contributed by atoms with Crippen LogP contribution in [0.4, 0.5) is 5.69 Å². The second kappa shape index (κ2) is 6.38. The van der Waals surface area contributed by atoms with Crippen molar-refractivity contribution < 1.29 is 16.8 Å². The molecule has 2 aromatic rings. The molecule has 0 saturated carbocycles. The van der Waals surface area contributed by atoms with Crippen molar-refractivity contribution in [3.63, 3.8) is 0 Å². The Morgan fingerprint density at radius 3 is 2.17 bits per heavy atom. The van der Waals surface area contributed by atoms with Crippen LogP contribution in [0.15, 0.2) is 59.5 Å². The van der Waals surface area contributed by atoms with Crippen LogP contribution in [0.2, 0.25) is 5.02 Å². The first-order valence-corrected chi connectivity index (χ1v) is 11.0. The normalized spacial score (nSPS) is 20.0. The highest BCUT2D eigenvalue weighted by atomic mass is 35.5. The lowest BCUT2D eigenvalue weighted by molar-refractivity contribution is 0.580. The number of hydrogen-bond donors (Lipinski definition) is 0. The summed E-state index contributed by atoms with van der Waals surface area (Å²) in [5.41, 5.74) is 0.408. The van der Waals surface area contributed by atoms with Crippen LogP contribution in [-0.4, -0.2) is 34.4 Å². The van der Waals surface area contributed by atoms with Crippen LogP contribution in [0.1, 0.15) is 6.42 Å². The summed E-state index contributed by atoms with van der Waals surface area (Å²) in [6.07, 6.45) is 0.275. The summed E-state index contributed by atoms with van der Waals surface area (Å²) in [4.78, 5) is 0.129. The Morgan fingerprint density at radius 2 is 1.62 bits per heavy atom. The molecule has 0 spiro atoms. The quantitative estimate of drug-likeness (QED) is 0.811. The zero-order chi connectivity index (χ0) is 17.4. The zero-order valence-corrected chi connectivity index (χ0v) is 15.1. The van der Waals surface area contributed by atoms with Crippen LogP contribution in [0.3, 0.4) is 0 Å². The molecule has 1 heterocycles. The van der Waals surface area contributed by atoms with Gasteiger partial charge in [0.1, 0.15) is 0 Å². The minimum absolute atomic E-state index is 0.00787. The van der Waals surface area contributed by atoms with Crippen molar-refractivity contribution in [3.8, 4) is 0 Å². The van der Waals surface area contributed by atoms with Gasteiger partial charge in [-0.1, -0.05) is 29.8 Å². The minimum atomic E-state index is -3.87. The topological polar surface area (TPSA) is 71.5 Å². The lowest BCUT2D eigenvalue weighted by Gasteiger charge is -2.29. The van der Waals surface area contributed by atoms with E-state index in [2.05, 4.69) is 0 Å². The number of rotatable bonds is 4. The summed E-state index contributed by atoms with van der Waals surface area (Å²) in [6, 6.07) is 13.7. The van der Waals surface area contributed by atoms with Gasteiger partial charge >= 0.3 is 0 Å². The number of halogens is 1. The summed E-state index contributed by atoms with van der Waals surface area (Å²) in [6.45, 7) is 0. The first-order valence-electron chi connectivity index (χ1n) is 7.35. The maximum atomic E-state index is 13.1. The summed E-state index contributed by atoms with van der Waals surface area (Å²) in [5, 5.41) is 0.481. The fourth-order valence-electron chi connectivity index (χ4n) is 2.80. The van der Waals surface area contributed by atoms with E-state index in [9.17, 15) is 16.8 Å². The second-order valence-corrected chi connectivity index (χ2v) is 10.1. The van der Waals surface area contributed by atoms with Crippen molar-refractivity contribution in [2.24, 2.45) is 0 Å². The molecule has 0 N–H and O–H groups in total.